The van der Waals surface area contributed by atoms with E-state index in [9.17, 15) is 101 Å². The second-order valence-electron chi connectivity index (χ2n) is 22.1. The molecule has 3 aromatic rings. The van der Waals surface area contributed by atoms with Crippen molar-refractivity contribution < 1.29 is 162 Å². The van der Waals surface area contributed by atoms with Crippen LogP contribution in [-0.4, -0.2) is 264 Å². The molecule has 34 nitrogen and oxygen atoms in total. The second kappa shape index (κ2) is 31.5. The number of methoxy groups -OCH3 is 2. The summed E-state index contributed by atoms with van der Waals surface area (Å²) in [6.45, 7) is -3.58. The summed E-state index contributed by atoms with van der Waals surface area (Å²) < 4.78 is 80.1. The Bertz CT molecular complexity index is 3590. The summed E-state index contributed by atoms with van der Waals surface area (Å²) in [4.78, 5) is 63.6. The Hall–Kier alpha value is -8.63. The number of fused-ring (bicyclic) bond motifs is 1. The van der Waals surface area contributed by atoms with Gasteiger partial charge in [-0.1, -0.05) is 12.1 Å². The molecule has 5 heterocycles. The minimum atomic E-state index is -2.26. The van der Waals surface area contributed by atoms with E-state index in [-0.39, 0.29) is 51.4 Å². The normalized spacial score (nSPS) is 30.8. The molecule has 0 radical (unpaired) electrons. The number of aliphatic hydroxyl groups is 11. The van der Waals surface area contributed by atoms with Gasteiger partial charge in [0.25, 0.3) is 0 Å². The number of benzene rings is 4. The number of carboxylic acids is 1. The fourth-order valence-corrected chi connectivity index (χ4v) is 10.4. The predicted octanol–water partition coefficient (Wildman–Crippen LogP) is -2.89. The molecule has 1 aliphatic carbocycles. The highest BCUT2D eigenvalue weighted by molar-refractivity contribution is 5.90. The van der Waals surface area contributed by atoms with Crippen LogP contribution in [0.25, 0.3) is 34.8 Å². The van der Waals surface area contributed by atoms with Crippen LogP contribution in [0.2, 0.25) is 0 Å². The molecule has 0 aromatic heterocycles. The number of hydrogen-bond donors (Lipinski definition) is 15. The van der Waals surface area contributed by atoms with Crippen LogP contribution in [0, 0.1) is 0 Å². The van der Waals surface area contributed by atoms with Gasteiger partial charge in [-0.05, 0) is 77.9 Å². The largest absolute Gasteiger partial charge is 0.508 e. The highest BCUT2D eigenvalue weighted by Gasteiger charge is 2.54. The fraction of sp³-hybridized carbons (Fsp3) is 0.435. The number of hydrogen-bond acceptors (Lipinski definition) is 33. The molecule has 34 heteroatoms. The number of carboxylic acid groups (broad SMARTS) is 1. The lowest BCUT2D eigenvalue weighted by Gasteiger charge is -2.46. The number of ether oxygens (including phenoxy) is 13. The Morgan fingerprint density at radius 2 is 0.969 bits per heavy atom. The SMILES string of the molecule is COc1cc(C=CC(=O)OC[C@H]2O[C@@H](O[C@H]3[C@H](Oc4cc5c(O[C@@H]6O[C@H](COC(=O)CC(=O)O)[C@@H](O[C@@H]7O[C@H](CO)[C@@H](O)[C@H](O)[C@H]7O)[C@H](O)[C@H]6O)cc(=O)cc-5oc4-c4ccc(O)cc4)O[C@H](COC(=O)C=Cc4ccc(O)c(OC)c4)[C@@H](O)[C@@H]3O)[C@H](O)[C@@H](O)[C@@H]2O)ccc1O. The monoisotopic (exact) mass is 1360 g/mol. The van der Waals surface area contributed by atoms with Gasteiger partial charge in [-0.3, -0.25) is 14.4 Å². The first kappa shape index (κ1) is 71.7. The first-order chi connectivity index (χ1) is 45.7. The van der Waals surface area contributed by atoms with Crippen molar-refractivity contribution in [1.29, 1.82) is 0 Å². The maximum atomic E-state index is 13.6. The Kier molecular flexibility index (Phi) is 23.5. The van der Waals surface area contributed by atoms with Crippen molar-refractivity contribution in [2.45, 2.75) is 129 Å². The van der Waals surface area contributed by atoms with Gasteiger partial charge < -0.3 is 143 Å². The van der Waals surface area contributed by atoms with Gasteiger partial charge in [-0.25, -0.2) is 9.59 Å². The summed E-state index contributed by atoms with van der Waals surface area (Å²) in [5.74, 6) is -7.16. The number of phenols is 3. The van der Waals surface area contributed by atoms with Crippen LogP contribution in [-0.2, 0) is 61.8 Å². The number of aliphatic carboxylic acids is 1. The third-order valence-corrected chi connectivity index (χ3v) is 15.5. The van der Waals surface area contributed by atoms with Gasteiger partial charge in [0, 0.05) is 29.8 Å². The summed E-state index contributed by atoms with van der Waals surface area (Å²) in [6, 6.07) is 16.3. The van der Waals surface area contributed by atoms with Crippen LogP contribution < -0.4 is 24.4 Å². The number of rotatable bonds is 24. The zero-order valence-corrected chi connectivity index (χ0v) is 50.4. The molecule has 520 valence electrons. The quantitative estimate of drug-likeness (QED) is 0.0128. The second-order valence-corrected chi connectivity index (χ2v) is 22.1. The van der Waals surface area contributed by atoms with E-state index < -0.39 is 196 Å². The van der Waals surface area contributed by atoms with E-state index in [0.717, 1.165) is 30.4 Å². The standard InChI is InChI=1S/C62H68O34/c1-83-35-15-25(3-11-31(35)66)5-13-43(70)85-22-39-47(74)50(77)54(81)61(92-39)96-58-51(78)48(75)40(23-86-44(71)14-6-26-4-12-32(67)36(16-26)84-2)93-62(58)90-37-19-30-33(88-56(37)27-7-9-28(64)10-8-27)17-29(65)18-34(30)89-59-55(82)52(79)57(41(94-59)24-87-45(72)20-42(68)69)95-60-53(80)49(76)46(73)38(21-63)91-60/h3-19,38-41,46-55,57-64,66-67,73-82H,20-24H2,1-2H3,(H,68,69)/t38-,39-,40-,41-,46-,47-,48-,49+,50+,51+,52-,53-,54-,55-,57-,58-,59-,60+,61+,62-/m1/s1. The van der Waals surface area contributed by atoms with Crippen LogP contribution in [0.5, 0.6) is 40.2 Å². The molecule has 4 fully saturated rings. The molecule has 20 atom stereocenters. The number of carbonyl (C=O) groups is 4. The summed E-state index contributed by atoms with van der Waals surface area (Å²) in [7, 11) is 2.61. The Labute approximate surface area is 541 Å². The molecular weight excluding hydrogens is 1290 g/mol. The maximum absolute atomic E-state index is 13.6. The summed E-state index contributed by atoms with van der Waals surface area (Å²) in [5, 5.41) is 162. The van der Waals surface area contributed by atoms with Gasteiger partial charge in [-0.2, -0.15) is 0 Å². The molecule has 3 aromatic carbocycles. The average Bonchev–Trinajstić information content (AvgIpc) is 0.775. The van der Waals surface area contributed by atoms with Crippen molar-refractivity contribution in [2.75, 3.05) is 40.6 Å². The molecule has 0 saturated carbocycles. The van der Waals surface area contributed by atoms with Gasteiger partial charge in [-0.15, -0.1) is 0 Å². The first-order valence-corrected chi connectivity index (χ1v) is 29.2. The highest BCUT2D eigenvalue weighted by Crippen LogP contribution is 2.44. The minimum Gasteiger partial charge on any atom is -0.508 e. The first-order valence-electron chi connectivity index (χ1n) is 29.2. The summed E-state index contributed by atoms with van der Waals surface area (Å²) >= 11 is 0. The fourth-order valence-electron chi connectivity index (χ4n) is 10.4. The van der Waals surface area contributed by atoms with Gasteiger partial charge in [0.15, 0.2) is 58.6 Å². The molecule has 5 aliphatic heterocycles. The van der Waals surface area contributed by atoms with Crippen molar-refractivity contribution in [3.05, 3.63) is 112 Å². The molecular formula is C62H68O34. The number of esters is 3. The number of phenolic OH excluding ortho intramolecular Hbond substituents is 3. The van der Waals surface area contributed by atoms with E-state index in [1.54, 1.807) is 0 Å². The molecule has 9 rings (SSSR count). The molecule has 6 aliphatic rings. The van der Waals surface area contributed by atoms with Crippen molar-refractivity contribution in [2.24, 2.45) is 0 Å². The van der Waals surface area contributed by atoms with Gasteiger partial charge >= 0.3 is 23.9 Å². The lowest BCUT2D eigenvalue weighted by atomic mass is 9.97. The predicted molar refractivity (Wildman–Crippen MR) is 314 cm³/mol. The van der Waals surface area contributed by atoms with Crippen molar-refractivity contribution in [3.63, 3.8) is 0 Å². The van der Waals surface area contributed by atoms with Crippen LogP contribution in [0.15, 0.2) is 100 Å². The molecule has 0 unspecified atom stereocenters. The van der Waals surface area contributed by atoms with Crippen LogP contribution in [0.1, 0.15) is 17.5 Å². The molecule has 0 amide bonds. The topological polar surface area (TPSA) is 522 Å². The zero-order valence-electron chi connectivity index (χ0n) is 50.4. The van der Waals surface area contributed by atoms with Crippen LogP contribution in [0.4, 0.5) is 0 Å². The summed E-state index contributed by atoms with van der Waals surface area (Å²) in [6.07, 6.45) is -37.1. The number of aliphatic hydroxyl groups excluding tert-OH is 11. The third kappa shape index (κ3) is 16.8. The van der Waals surface area contributed by atoms with E-state index in [2.05, 4.69) is 0 Å². The zero-order chi connectivity index (χ0) is 69.4. The molecule has 96 heavy (non-hydrogen) atoms. The molecule has 4 saturated heterocycles. The lowest BCUT2D eigenvalue weighted by molar-refractivity contribution is -0.358. The number of aromatic hydroxyl groups is 3. The van der Waals surface area contributed by atoms with Crippen LogP contribution >= 0.6 is 0 Å². The Morgan fingerprint density at radius 1 is 0.490 bits per heavy atom. The van der Waals surface area contributed by atoms with E-state index in [0.29, 0.717) is 11.1 Å². The molecule has 0 bridgehead atoms. The Balaban J connectivity index is 1.05. The number of carbonyl (C=O) groups excluding carboxylic acids is 3. The molecule has 0 spiro atoms. The van der Waals surface area contributed by atoms with Crippen LogP contribution in [0.3, 0.4) is 0 Å². The molecule has 15 N–H and O–H groups in total. The van der Waals surface area contributed by atoms with Gasteiger partial charge in [0.1, 0.15) is 135 Å². The minimum absolute atomic E-state index is 0.0684. The van der Waals surface area contributed by atoms with E-state index in [4.69, 9.17) is 66.0 Å². The summed E-state index contributed by atoms with van der Waals surface area (Å²) in [5.41, 5.74) is -0.291. The highest BCUT2D eigenvalue weighted by atomic mass is 16.8. The van der Waals surface area contributed by atoms with Gasteiger partial charge in [0.05, 0.1) is 26.4 Å². The van der Waals surface area contributed by atoms with Crippen molar-refractivity contribution >= 4 is 36.0 Å². The third-order valence-electron chi connectivity index (χ3n) is 15.5. The lowest BCUT2D eigenvalue weighted by Crippen LogP contribution is -2.65. The Morgan fingerprint density at radius 3 is 1.52 bits per heavy atom. The van der Waals surface area contributed by atoms with Crippen molar-refractivity contribution in [3.8, 4) is 62.9 Å². The van der Waals surface area contributed by atoms with Gasteiger partial charge in [0.2, 0.25) is 12.6 Å². The average molecular weight is 1360 g/mol. The van der Waals surface area contributed by atoms with Crippen molar-refractivity contribution in [1.82, 2.24) is 0 Å². The maximum Gasteiger partial charge on any atom is 0.330 e. The van der Waals surface area contributed by atoms with E-state index in [1.807, 2.05) is 0 Å². The van der Waals surface area contributed by atoms with E-state index in [1.165, 1.54) is 87.0 Å². The van der Waals surface area contributed by atoms with E-state index >= 15 is 0 Å². The smallest absolute Gasteiger partial charge is 0.330 e.